The minimum absolute atomic E-state index is 0.0705. The zero-order valence-electron chi connectivity index (χ0n) is 10.9. The number of anilines is 1. The Labute approximate surface area is 122 Å². The summed E-state index contributed by atoms with van der Waals surface area (Å²) < 4.78 is 0. The van der Waals surface area contributed by atoms with Gasteiger partial charge in [0.2, 0.25) is 11.8 Å². The molecule has 104 valence electrons. The van der Waals surface area contributed by atoms with Gasteiger partial charge in [0.15, 0.2) is 0 Å². The van der Waals surface area contributed by atoms with Crippen LogP contribution in [0.3, 0.4) is 0 Å². The number of fused-ring (bicyclic) bond motifs is 1. The number of carbonyl (C=O) groups excluding carboxylic acids is 2. The van der Waals surface area contributed by atoms with Crippen LogP contribution in [0.1, 0.15) is 12.8 Å². The zero-order valence-corrected chi connectivity index (χ0v) is 11.6. The predicted molar refractivity (Wildman–Crippen MR) is 77.1 cm³/mol. The van der Waals surface area contributed by atoms with Crippen LogP contribution < -0.4 is 5.32 Å². The fourth-order valence-corrected chi connectivity index (χ4v) is 2.98. The largest absolute Gasteiger partial charge is 0.367 e. The molecule has 1 aromatic carbocycles. The fourth-order valence-electron chi connectivity index (χ4n) is 2.79. The summed E-state index contributed by atoms with van der Waals surface area (Å²) in [5.41, 5.74) is 0.797. The number of hydrogen-bond donors (Lipinski definition) is 1. The standard InChI is InChI=1S/C15H15ClN2O2/c16-10-4-3-5-11(8-10)17-9-18-14(19)12-6-1-2-7-13(12)15(18)20/h1-5,8,12-13,17H,6-7,9H2/t12-,13+. The van der Waals surface area contributed by atoms with Crippen LogP contribution in [-0.4, -0.2) is 23.4 Å². The molecule has 2 atom stereocenters. The second-order valence-electron chi connectivity index (χ2n) is 5.11. The first-order chi connectivity index (χ1) is 9.66. The molecule has 3 rings (SSSR count). The minimum Gasteiger partial charge on any atom is -0.367 e. The van der Waals surface area contributed by atoms with Gasteiger partial charge in [0.25, 0.3) is 0 Å². The predicted octanol–water partition coefficient (Wildman–Crippen LogP) is 2.66. The van der Waals surface area contributed by atoms with Crippen LogP contribution in [0.5, 0.6) is 0 Å². The van der Waals surface area contributed by atoms with E-state index in [4.69, 9.17) is 11.6 Å². The van der Waals surface area contributed by atoms with Crippen LogP contribution in [0.4, 0.5) is 5.69 Å². The van der Waals surface area contributed by atoms with Gasteiger partial charge in [-0.05, 0) is 31.0 Å². The summed E-state index contributed by atoms with van der Waals surface area (Å²) in [5.74, 6) is -0.486. The molecule has 4 nitrogen and oxygen atoms in total. The molecule has 0 saturated carbocycles. The number of benzene rings is 1. The summed E-state index contributed by atoms with van der Waals surface area (Å²) >= 11 is 5.90. The van der Waals surface area contributed by atoms with Gasteiger partial charge in [0.05, 0.1) is 18.5 Å². The van der Waals surface area contributed by atoms with Crippen LogP contribution in [0.2, 0.25) is 5.02 Å². The SMILES string of the molecule is O=C1[C@H]2CC=CC[C@H]2C(=O)N1CNc1cccc(Cl)c1. The topological polar surface area (TPSA) is 49.4 Å². The normalized spacial score (nSPS) is 24.9. The molecule has 0 radical (unpaired) electrons. The fraction of sp³-hybridized carbons (Fsp3) is 0.333. The van der Waals surface area contributed by atoms with Crippen molar-refractivity contribution in [2.45, 2.75) is 12.8 Å². The molecule has 0 spiro atoms. The molecule has 1 heterocycles. The monoisotopic (exact) mass is 290 g/mol. The van der Waals surface area contributed by atoms with E-state index < -0.39 is 0 Å². The first kappa shape index (κ1) is 13.2. The molecule has 1 N–H and O–H groups in total. The third-order valence-corrected chi connectivity index (χ3v) is 4.10. The van der Waals surface area contributed by atoms with Crippen molar-refractivity contribution in [3.8, 4) is 0 Å². The lowest BCUT2D eigenvalue weighted by Gasteiger charge is -2.16. The number of imide groups is 1. The molecule has 0 bridgehead atoms. The van der Waals surface area contributed by atoms with Crippen LogP contribution in [-0.2, 0) is 9.59 Å². The van der Waals surface area contributed by atoms with E-state index in [0.29, 0.717) is 17.9 Å². The highest BCUT2D eigenvalue weighted by Crippen LogP contribution is 2.34. The first-order valence-corrected chi connectivity index (χ1v) is 7.04. The van der Waals surface area contributed by atoms with Crippen molar-refractivity contribution < 1.29 is 9.59 Å². The maximum absolute atomic E-state index is 12.2. The number of nitrogens with one attached hydrogen (secondary N) is 1. The van der Waals surface area contributed by atoms with Crippen molar-refractivity contribution in [3.63, 3.8) is 0 Å². The van der Waals surface area contributed by atoms with E-state index in [1.807, 2.05) is 24.3 Å². The van der Waals surface area contributed by atoms with E-state index in [1.165, 1.54) is 4.90 Å². The Kier molecular flexibility index (Phi) is 3.49. The number of halogens is 1. The summed E-state index contributed by atoms with van der Waals surface area (Å²) in [4.78, 5) is 25.8. The second-order valence-corrected chi connectivity index (χ2v) is 5.54. The van der Waals surface area contributed by atoms with Crippen LogP contribution in [0.25, 0.3) is 0 Å². The van der Waals surface area contributed by atoms with E-state index >= 15 is 0 Å². The highest BCUT2D eigenvalue weighted by molar-refractivity contribution is 6.30. The summed E-state index contributed by atoms with van der Waals surface area (Å²) in [6.45, 7) is 0.199. The maximum atomic E-state index is 12.2. The number of allylic oxidation sites excluding steroid dienone is 2. The van der Waals surface area contributed by atoms with Crippen LogP contribution in [0.15, 0.2) is 36.4 Å². The molecular formula is C15H15ClN2O2. The lowest BCUT2D eigenvalue weighted by molar-refractivity contribution is -0.139. The Morgan fingerprint density at radius 3 is 2.40 bits per heavy atom. The number of rotatable bonds is 3. The van der Waals surface area contributed by atoms with Crippen molar-refractivity contribution in [3.05, 3.63) is 41.4 Å². The Morgan fingerprint density at radius 2 is 1.80 bits per heavy atom. The minimum atomic E-state index is -0.173. The number of carbonyl (C=O) groups is 2. The Bertz CT molecular complexity index is 559. The molecule has 1 fully saturated rings. The molecular weight excluding hydrogens is 276 g/mol. The molecule has 1 aromatic rings. The lowest BCUT2D eigenvalue weighted by atomic mass is 9.85. The van der Waals surface area contributed by atoms with E-state index in [1.54, 1.807) is 12.1 Å². The molecule has 1 aliphatic heterocycles. The average Bonchev–Trinajstić information content (AvgIpc) is 2.70. The van der Waals surface area contributed by atoms with Gasteiger partial charge in [0, 0.05) is 10.7 Å². The Morgan fingerprint density at radius 1 is 1.15 bits per heavy atom. The Balaban J connectivity index is 1.69. The molecule has 0 aromatic heterocycles. The first-order valence-electron chi connectivity index (χ1n) is 6.66. The van der Waals surface area contributed by atoms with Crippen molar-refractivity contribution in [1.82, 2.24) is 4.90 Å². The highest BCUT2D eigenvalue weighted by atomic mass is 35.5. The second kappa shape index (κ2) is 5.29. The summed E-state index contributed by atoms with van der Waals surface area (Å²) in [6.07, 6.45) is 5.31. The van der Waals surface area contributed by atoms with E-state index in [0.717, 1.165) is 5.69 Å². The summed E-state index contributed by atoms with van der Waals surface area (Å²) in [6, 6.07) is 7.22. The van der Waals surface area contributed by atoms with Crippen molar-refractivity contribution in [2.75, 3.05) is 12.0 Å². The molecule has 1 aliphatic carbocycles. The molecule has 0 unspecified atom stereocenters. The van der Waals surface area contributed by atoms with Crippen molar-refractivity contribution in [2.24, 2.45) is 11.8 Å². The van der Waals surface area contributed by atoms with E-state index in [9.17, 15) is 9.59 Å². The van der Waals surface area contributed by atoms with Gasteiger partial charge in [-0.3, -0.25) is 14.5 Å². The zero-order chi connectivity index (χ0) is 14.1. The van der Waals surface area contributed by atoms with Crippen LogP contribution >= 0.6 is 11.6 Å². The van der Waals surface area contributed by atoms with Gasteiger partial charge in [-0.25, -0.2) is 0 Å². The number of nitrogens with zero attached hydrogens (tertiary/aromatic N) is 1. The van der Waals surface area contributed by atoms with Gasteiger partial charge in [-0.2, -0.15) is 0 Å². The smallest absolute Gasteiger partial charge is 0.234 e. The maximum Gasteiger partial charge on any atom is 0.234 e. The van der Waals surface area contributed by atoms with Crippen molar-refractivity contribution >= 4 is 29.1 Å². The molecule has 2 amide bonds. The average molecular weight is 291 g/mol. The molecule has 2 aliphatic rings. The number of amides is 2. The van der Waals surface area contributed by atoms with Gasteiger partial charge >= 0.3 is 0 Å². The van der Waals surface area contributed by atoms with E-state index in [2.05, 4.69) is 5.32 Å². The van der Waals surface area contributed by atoms with Gasteiger partial charge in [0.1, 0.15) is 0 Å². The van der Waals surface area contributed by atoms with Crippen LogP contribution in [0, 0.1) is 11.8 Å². The third-order valence-electron chi connectivity index (χ3n) is 3.86. The summed E-state index contributed by atoms with van der Waals surface area (Å²) in [5, 5.41) is 3.69. The molecule has 5 heteroatoms. The Hall–Kier alpha value is -1.81. The van der Waals surface area contributed by atoms with E-state index in [-0.39, 0.29) is 30.3 Å². The summed E-state index contributed by atoms with van der Waals surface area (Å²) in [7, 11) is 0. The van der Waals surface area contributed by atoms with Gasteiger partial charge < -0.3 is 5.32 Å². The quantitative estimate of drug-likeness (QED) is 0.688. The number of likely N-dealkylation sites (tertiary alicyclic amines) is 1. The lowest BCUT2D eigenvalue weighted by Crippen LogP contribution is -2.35. The molecule has 1 saturated heterocycles. The van der Waals surface area contributed by atoms with Gasteiger partial charge in [-0.1, -0.05) is 29.8 Å². The highest BCUT2D eigenvalue weighted by Gasteiger charge is 2.46. The number of hydrogen-bond acceptors (Lipinski definition) is 3. The van der Waals surface area contributed by atoms with Crippen molar-refractivity contribution in [1.29, 1.82) is 0 Å². The third kappa shape index (κ3) is 2.31. The van der Waals surface area contributed by atoms with Gasteiger partial charge in [-0.15, -0.1) is 0 Å². The molecule has 20 heavy (non-hydrogen) atoms.